The van der Waals surface area contributed by atoms with Crippen molar-refractivity contribution in [2.45, 2.75) is 0 Å². The van der Waals surface area contributed by atoms with E-state index in [1.807, 2.05) is 5.32 Å². The van der Waals surface area contributed by atoms with Crippen LogP contribution in [0, 0.1) is 0 Å². The Morgan fingerprint density at radius 1 is 1.21 bits per heavy atom. The summed E-state index contributed by atoms with van der Waals surface area (Å²) in [5, 5.41) is 20.3. The van der Waals surface area contributed by atoms with Crippen molar-refractivity contribution in [1.82, 2.24) is 4.98 Å². The molecule has 0 aliphatic carbocycles. The van der Waals surface area contributed by atoms with Gasteiger partial charge in [-0.1, -0.05) is 11.6 Å². The molecule has 1 heterocycles. The highest BCUT2D eigenvalue weighted by molar-refractivity contribution is 6.38. The molecule has 0 radical (unpaired) electrons. The van der Waals surface area contributed by atoms with Crippen LogP contribution in [0.2, 0.25) is 5.02 Å². The average Bonchev–Trinajstić information content (AvgIpc) is 2.67. The highest BCUT2D eigenvalue weighted by Crippen LogP contribution is 2.29. The van der Waals surface area contributed by atoms with Crippen LogP contribution in [0.5, 0.6) is 0 Å². The fourth-order valence-electron chi connectivity index (χ4n) is 1.63. The van der Waals surface area contributed by atoms with Crippen molar-refractivity contribution < 1.29 is 24.6 Å². The molecule has 2 rings (SSSR count). The number of carbonyl (C=O) groups is 3. The highest BCUT2D eigenvalue weighted by Gasteiger charge is 2.21. The van der Waals surface area contributed by atoms with E-state index in [0.717, 1.165) is 0 Å². The van der Waals surface area contributed by atoms with Gasteiger partial charge in [-0.3, -0.25) is 4.79 Å². The zero-order chi connectivity index (χ0) is 14.2. The van der Waals surface area contributed by atoms with E-state index in [9.17, 15) is 14.4 Å². The fourth-order valence-corrected chi connectivity index (χ4v) is 1.80. The second-order valence-electron chi connectivity index (χ2n) is 3.63. The van der Waals surface area contributed by atoms with Crippen LogP contribution in [-0.4, -0.2) is 33.0 Å². The topological polar surface area (TPSA) is 119 Å². The van der Waals surface area contributed by atoms with Crippen molar-refractivity contribution in [3.05, 3.63) is 28.9 Å². The molecule has 2 aromatic rings. The third-order valence-electron chi connectivity index (χ3n) is 2.41. The number of aromatic carboxylic acids is 1. The van der Waals surface area contributed by atoms with Crippen LogP contribution in [0.25, 0.3) is 10.9 Å². The van der Waals surface area contributed by atoms with Crippen molar-refractivity contribution in [3.8, 4) is 0 Å². The fraction of sp³-hybridized carbons (Fsp3) is 0. The molecule has 98 valence electrons. The summed E-state index contributed by atoms with van der Waals surface area (Å²) in [4.78, 5) is 35.3. The number of carbonyl (C=O) groups excluding carboxylic acids is 1. The summed E-state index contributed by atoms with van der Waals surface area (Å²) < 4.78 is 0. The first kappa shape index (κ1) is 12.9. The maximum Gasteiger partial charge on any atom is 0.394 e. The van der Waals surface area contributed by atoms with Gasteiger partial charge in [0.25, 0.3) is 0 Å². The average molecular weight is 283 g/mol. The molecule has 7 nitrogen and oxygen atoms in total. The number of halogens is 1. The normalized spacial score (nSPS) is 10.4. The molecular weight excluding hydrogens is 276 g/mol. The highest BCUT2D eigenvalue weighted by atomic mass is 35.5. The lowest BCUT2D eigenvalue weighted by Crippen LogP contribution is -2.22. The molecule has 19 heavy (non-hydrogen) atoms. The minimum absolute atomic E-state index is 0.105. The van der Waals surface area contributed by atoms with E-state index in [1.54, 1.807) is 0 Å². The van der Waals surface area contributed by atoms with Gasteiger partial charge >= 0.3 is 17.8 Å². The molecule has 0 atom stereocenters. The monoisotopic (exact) mass is 282 g/mol. The SMILES string of the molecule is O=C(O)C(=O)Nc1c(C(=O)O)[nH]c2cc(Cl)ccc12. The van der Waals surface area contributed by atoms with E-state index in [1.165, 1.54) is 18.2 Å². The Morgan fingerprint density at radius 2 is 1.89 bits per heavy atom. The van der Waals surface area contributed by atoms with Gasteiger partial charge in [-0.2, -0.15) is 0 Å². The summed E-state index contributed by atoms with van der Waals surface area (Å²) in [5.41, 5.74) is -0.0379. The first-order valence-corrected chi connectivity index (χ1v) is 5.36. The minimum Gasteiger partial charge on any atom is -0.477 e. The van der Waals surface area contributed by atoms with Crippen LogP contribution >= 0.6 is 11.6 Å². The number of aromatic amines is 1. The Kier molecular flexibility index (Phi) is 3.14. The van der Waals surface area contributed by atoms with Crippen LogP contribution in [-0.2, 0) is 9.59 Å². The lowest BCUT2D eigenvalue weighted by atomic mass is 10.2. The van der Waals surface area contributed by atoms with Crippen LogP contribution in [0.4, 0.5) is 5.69 Å². The number of nitrogens with one attached hydrogen (secondary N) is 2. The molecule has 0 fully saturated rings. The van der Waals surface area contributed by atoms with E-state index >= 15 is 0 Å². The lowest BCUT2D eigenvalue weighted by Gasteiger charge is -2.01. The number of anilines is 1. The molecule has 1 aromatic carbocycles. The Labute approximate surface area is 110 Å². The van der Waals surface area contributed by atoms with Crippen LogP contribution in [0.3, 0.4) is 0 Å². The Morgan fingerprint density at radius 3 is 2.47 bits per heavy atom. The minimum atomic E-state index is -1.71. The third-order valence-corrected chi connectivity index (χ3v) is 2.64. The van der Waals surface area contributed by atoms with E-state index in [0.29, 0.717) is 15.9 Å². The van der Waals surface area contributed by atoms with Crippen molar-refractivity contribution in [2.24, 2.45) is 0 Å². The molecule has 0 saturated carbocycles. The predicted octanol–water partition coefficient (Wildman–Crippen LogP) is 1.54. The molecular formula is C11H7ClN2O5. The molecule has 4 N–H and O–H groups in total. The van der Waals surface area contributed by atoms with Crippen LogP contribution in [0.15, 0.2) is 18.2 Å². The van der Waals surface area contributed by atoms with E-state index in [2.05, 4.69) is 4.98 Å². The molecule has 0 spiro atoms. The summed E-state index contributed by atoms with van der Waals surface area (Å²) >= 11 is 5.77. The molecule has 1 aromatic heterocycles. The summed E-state index contributed by atoms with van der Waals surface area (Å²) in [5.74, 6) is -4.36. The molecule has 0 bridgehead atoms. The van der Waals surface area contributed by atoms with Crippen molar-refractivity contribution >= 4 is 46.0 Å². The number of aliphatic carboxylic acids is 1. The number of hydrogen-bond acceptors (Lipinski definition) is 3. The van der Waals surface area contributed by atoms with Crippen molar-refractivity contribution in [1.29, 1.82) is 0 Å². The van der Waals surface area contributed by atoms with Gasteiger partial charge in [0.15, 0.2) is 0 Å². The molecule has 8 heteroatoms. The van der Waals surface area contributed by atoms with Crippen molar-refractivity contribution in [3.63, 3.8) is 0 Å². The molecule has 0 saturated heterocycles. The molecule has 1 amide bonds. The van der Waals surface area contributed by atoms with Gasteiger partial charge in [0.1, 0.15) is 5.69 Å². The first-order valence-electron chi connectivity index (χ1n) is 4.99. The number of carboxylic acids is 2. The summed E-state index contributed by atoms with van der Waals surface area (Å²) in [7, 11) is 0. The van der Waals surface area contributed by atoms with Gasteiger partial charge in [0.05, 0.1) is 5.69 Å². The number of amides is 1. The molecule has 0 aliphatic rings. The number of carboxylic acid groups (broad SMARTS) is 2. The van der Waals surface area contributed by atoms with Crippen LogP contribution < -0.4 is 5.32 Å². The number of aromatic nitrogens is 1. The summed E-state index contributed by atoms with van der Waals surface area (Å²) in [6, 6.07) is 4.46. The standard InChI is InChI=1S/C11H7ClN2O5/c12-4-1-2-5-6(3-4)13-8(10(16)17)7(5)14-9(15)11(18)19/h1-3,13H,(H,14,15)(H,16,17)(H,18,19). The second-order valence-corrected chi connectivity index (χ2v) is 4.07. The van der Waals surface area contributed by atoms with E-state index in [4.69, 9.17) is 21.8 Å². The zero-order valence-corrected chi connectivity index (χ0v) is 9.99. The molecule has 0 aliphatic heterocycles. The Bertz CT molecular complexity index is 706. The number of hydrogen-bond donors (Lipinski definition) is 4. The van der Waals surface area contributed by atoms with Gasteiger partial charge in [0.2, 0.25) is 0 Å². The smallest absolute Gasteiger partial charge is 0.394 e. The molecule has 0 unspecified atom stereocenters. The number of benzene rings is 1. The van der Waals surface area contributed by atoms with Gasteiger partial charge in [-0.25, -0.2) is 9.59 Å². The quantitative estimate of drug-likeness (QED) is 0.623. The second kappa shape index (κ2) is 4.62. The first-order chi connectivity index (χ1) is 8.90. The van der Waals surface area contributed by atoms with E-state index < -0.39 is 17.8 Å². The number of rotatable bonds is 2. The Balaban J connectivity index is 2.62. The van der Waals surface area contributed by atoms with Crippen molar-refractivity contribution in [2.75, 3.05) is 5.32 Å². The van der Waals surface area contributed by atoms with E-state index in [-0.39, 0.29) is 11.4 Å². The van der Waals surface area contributed by atoms with Gasteiger partial charge in [-0.15, -0.1) is 0 Å². The van der Waals surface area contributed by atoms with Crippen LogP contribution in [0.1, 0.15) is 10.5 Å². The van der Waals surface area contributed by atoms with Gasteiger partial charge in [-0.05, 0) is 18.2 Å². The summed E-state index contributed by atoms with van der Waals surface area (Å²) in [6.07, 6.45) is 0. The van der Waals surface area contributed by atoms with Gasteiger partial charge in [0, 0.05) is 15.9 Å². The maximum atomic E-state index is 11.2. The predicted molar refractivity (Wildman–Crippen MR) is 66.5 cm³/mol. The largest absolute Gasteiger partial charge is 0.477 e. The zero-order valence-electron chi connectivity index (χ0n) is 9.23. The number of H-pyrrole nitrogens is 1. The lowest BCUT2D eigenvalue weighted by molar-refractivity contribution is -0.147. The maximum absolute atomic E-state index is 11.2. The summed E-state index contributed by atoms with van der Waals surface area (Å²) in [6.45, 7) is 0. The van der Waals surface area contributed by atoms with Gasteiger partial charge < -0.3 is 20.5 Å². The number of fused-ring (bicyclic) bond motifs is 1. The third kappa shape index (κ3) is 2.36. The Hall–Kier alpha value is -2.54.